The lowest BCUT2D eigenvalue weighted by molar-refractivity contribution is -0.0360. The number of nitrogens with two attached hydrogens (primary N) is 2. The molecule has 49 heavy (non-hydrogen) atoms. The van der Waals surface area contributed by atoms with Crippen molar-refractivity contribution < 1.29 is 34.4 Å². The molecular weight excluding hydrogens is 669 g/mol. The molecule has 2 aliphatic carbocycles. The van der Waals surface area contributed by atoms with Crippen LogP contribution in [-0.2, 0) is 17.8 Å². The number of aliphatic hydroxyl groups excluding tert-OH is 1. The van der Waals surface area contributed by atoms with E-state index in [-0.39, 0.29) is 47.4 Å². The third-order valence-electron chi connectivity index (χ3n) is 10.5. The topological polar surface area (TPSA) is 206 Å². The zero-order valence-corrected chi connectivity index (χ0v) is 29.3. The van der Waals surface area contributed by atoms with Crippen LogP contribution in [0.1, 0.15) is 92.7 Å². The summed E-state index contributed by atoms with van der Waals surface area (Å²) in [5.74, 6) is 1.01. The number of benzene rings is 2. The first-order valence-electron chi connectivity index (χ1n) is 16.8. The van der Waals surface area contributed by atoms with Gasteiger partial charge in [0.05, 0.1) is 24.0 Å². The van der Waals surface area contributed by atoms with Gasteiger partial charge < -0.3 is 40.7 Å². The third-order valence-corrected chi connectivity index (χ3v) is 12.9. The van der Waals surface area contributed by atoms with Crippen molar-refractivity contribution in [3.63, 3.8) is 0 Å². The minimum atomic E-state index is -1.72. The van der Waals surface area contributed by atoms with Crippen molar-refractivity contribution in [1.29, 1.82) is 0 Å². The standard InChI is InChI=1S/C35H44N4O8S2/c1-33(2,42)24-13-22-28(46-24)23-14-48-49-17-34(16-40,38-32(36)37)15-35(43)12-11-21(18-7-9-19(39-44)10-8-18)25-27(41)26(30(23)47-31(25)35)29(22)45-20-5-3-4-6-20/h7-10,20-21,24,39-40,42-44H,3-6,11-17H2,1-2H3,(H4,36,37,38). The SMILES string of the molecule is CC(C)(O)C1Cc2c(c3c4oc5c(c(=O)c4c2OC2CCCC2)C(c2ccc(NO)cc2)CCC5(O)CC(CO)(N=C(N)N)CSSC3)O1. The fraction of sp³-hybridized carbons (Fsp3) is 0.543. The van der Waals surface area contributed by atoms with Crippen molar-refractivity contribution in [1.82, 2.24) is 0 Å². The van der Waals surface area contributed by atoms with E-state index in [9.17, 15) is 20.5 Å². The third kappa shape index (κ3) is 6.14. The molecule has 2 aromatic carbocycles. The normalized spacial score (nSPS) is 27.0. The maximum atomic E-state index is 15.3. The molecule has 7 rings (SSSR count). The number of anilines is 1. The summed E-state index contributed by atoms with van der Waals surface area (Å²) in [7, 11) is 2.93. The van der Waals surface area contributed by atoms with Crippen molar-refractivity contribution >= 4 is 44.2 Å². The van der Waals surface area contributed by atoms with Crippen LogP contribution in [0.2, 0.25) is 0 Å². The summed E-state index contributed by atoms with van der Waals surface area (Å²) in [6.07, 6.45) is 3.94. The summed E-state index contributed by atoms with van der Waals surface area (Å²) in [5, 5.41) is 44.3. The molecule has 0 amide bonds. The lowest BCUT2D eigenvalue weighted by atomic mass is 9.70. The first-order chi connectivity index (χ1) is 23.4. The zero-order chi connectivity index (χ0) is 34.7. The second-order valence-electron chi connectivity index (χ2n) is 14.5. The monoisotopic (exact) mass is 712 g/mol. The van der Waals surface area contributed by atoms with E-state index >= 15 is 4.79 Å². The van der Waals surface area contributed by atoms with Gasteiger partial charge in [0.15, 0.2) is 5.96 Å². The van der Waals surface area contributed by atoms with E-state index in [1.807, 2.05) is 12.1 Å². The molecule has 2 bridgehead atoms. The van der Waals surface area contributed by atoms with Gasteiger partial charge in [-0.3, -0.25) is 15.5 Å². The Morgan fingerprint density at radius 1 is 1.14 bits per heavy atom. The molecule has 0 saturated heterocycles. The van der Waals surface area contributed by atoms with Gasteiger partial charge in [0.1, 0.15) is 45.5 Å². The molecule has 4 aliphatic rings. The number of nitrogens with zero attached hydrogens (tertiary/aromatic N) is 1. The van der Waals surface area contributed by atoms with Gasteiger partial charge >= 0.3 is 0 Å². The van der Waals surface area contributed by atoms with E-state index in [2.05, 4.69) is 10.5 Å². The van der Waals surface area contributed by atoms with Gasteiger partial charge in [0.25, 0.3) is 0 Å². The van der Waals surface area contributed by atoms with Crippen molar-refractivity contribution in [2.24, 2.45) is 16.5 Å². The minimum absolute atomic E-state index is 0.0854. The number of rotatable bonds is 7. The van der Waals surface area contributed by atoms with Gasteiger partial charge in [-0.25, -0.2) is 4.99 Å². The molecule has 14 heteroatoms. The highest BCUT2D eigenvalue weighted by Crippen LogP contribution is 2.54. The largest absolute Gasteiger partial charge is 0.489 e. The predicted molar refractivity (Wildman–Crippen MR) is 191 cm³/mol. The summed E-state index contributed by atoms with van der Waals surface area (Å²) >= 11 is 0. The summed E-state index contributed by atoms with van der Waals surface area (Å²) in [6.45, 7) is 2.96. The molecular formula is C35H44N4O8S2. The molecule has 3 aromatic rings. The second-order valence-corrected chi connectivity index (χ2v) is 16.9. The Morgan fingerprint density at radius 2 is 1.88 bits per heavy atom. The van der Waals surface area contributed by atoms with Crippen LogP contribution >= 0.6 is 21.6 Å². The molecule has 1 saturated carbocycles. The number of hydrogen-bond acceptors (Lipinski definition) is 12. The number of fused-ring (bicyclic) bond motifs is 2. The van der Waals surface area contributed by atoms with Gasteiger partial charge in [0, 0.05) is 47.0 Å². The Bertz CT molecular complexity index is 1830. The number of aliphatic hydroxyl groups is 3. The molecule has 0 spiro atoms. The summed E-state index contributed by atoms with van der Waals surface area (Å²) < 4.78 is 20.2. The molecule has 1 fully saturated rings. The van der Waals surface area contributed by atoms with Crippen molar-refractivity contribution in [3.8, 4) is 11.5 Å². The van der Waals surface area contributed by atoms with Crippen LogP contribution in [0.3, 0.4) is 0 Å². The van der Waals surface area contributed by atoms with E-state index in [1.54, 1.807) is 26.0 Å². The molecule has 1 aromatic heterocycles. The van der Waals surface area contributed by atoms with Crippen LogP contribution in [0.4, 0.5) is 5.69 Å². The van der Waals surface area contributed by atoms with Gasteiger partial charge in [-0.05, 0) is 70.1 Å². The van der Waals surface area contributed by atoms with Crippen LogP contribution in [0, 0.1) is 0 Å². The quantitative estimate of drug-likeness (QED) is 0.0787. The molecule has 12 nitrogen and oxygen atoms in total. The Hall–Kier alpha value is -3.14. The lowest BCUT2D eigenvalue weighted by Gasteiger charge is -2.41. The highest BCUT2D eigenvalue weighted by atomic mass is 33.1. The van der Waals surface area contributed by atoms with Crippen LogP contribution in [0.15, 0.2) is 38.5 Å². The number of ether oxygens (including phenoxy) is 2. The average molecular weight is 713 g/mol. The minimum Gasteiger partial charge on any atom is -0.489 e. The number of aliphatic imine (C=N–C) groups is 1. The van der Waals surface area contributed by atoms with Crippen LogP contribution in [0.5, 0.6) is 11.5 Å². The Morgan fingerprint density at radius 3 is 2.53 bits per heavy atom. The van der Waals surface area contributed by atoms with E-state index < -0.39 is 35.4 Å². The van der Waals surface area contributed by atoms with E-state index in [0.717, 1.165) is 36.8 Å². The smallest absolute Gasteiger partial charge is 0.200 e. The molecule has 2 aliphatic heterocycles. The van der Waals surface area contributed by atoms with Gasteiger partial charge in [-0.15, -0.1) is 0 Å². The fourth-order valence-corrected chi connectivity index (χ4v) is 10.5. The van der Waals surface area contributed by atoms with Gasteiger partial charge in [-0.2, -0.15) is 0 Å². The van der Waals surface area contributed by atoms with Crippen molar-refractivity contribution in [2.45, 2.75) is 106 Å². The first kappa shape index (κ1) is 34.3. The maximum Gasteiger partial charge on any atom is 0.200 e. The zero-order valence-electron chi connectivity index (χ0n) is 27.7. The number of guanidine groups is 1. The van der Waals surface area contributed by atoms with Crippen LogP contribution in [-0.4, -0.2) is 62.2 Å². The molecule has 3 heterocycles. The number of nitrogens with one attached hydrogen (secondary N) is 1. The fourth-order valence-electron chi connectivity index (χ4n) is 7.96. The Kier molecular flexibility index (Phi) is 9.02. The lowest BCUT2D eigenvalue weighted by Crippen LogP contribution is -2.47. The van der Waals surface area contributed by atoms with Crippen molar-refractivity contribution in [2.75, 3.05) is 17.8 Å². The van der Waals surface area contributed by atoms with E-state index in [0.29, 0.717) is 52.3 Å². The van der Waals surface area contributed by atoms with E-state index in [1.165, 1.54) is 21.6 Å². The predicted octanol–water partition coefficient (Wildman–Crippen LogP) is 4.39. The second kappa shape index (κ2) is 12.9. The Balaban J connectivity index is 1.54. The van der Waals surface area contributed by atoms with Gasteiger partial charge in [-0.1, -0.05) is 33.7 Å². The van der Waals surface area contributed by atoms with Crippen LogP contribution in [0.25, 0.3) is 11.0 Å². The highest BCUT2D eigenvalue weighted by molar-refractivity contribution is 8.76. The number of hydrogen-bond donors (Lipinski definition) is 7. The average Bonchev–Trinajstić information content (AvgIpc) is 3.74. The highest BCUT2D eigenvalue weighted by Gasteiger charge is 2.50. The molecule has 4 atom stereocenters. The van der Waals surface area contributed by atoms with Gasteiger partial charge in [0.2, 0.25) is 5.43 Å². The Labute approximate surface area is 292 Å². The summed E-state index contributed by atoms with van der Waals surface area (Å²) in [5.41, 5.74) is 12.7. The maximum absolute atomic E-state index is 15.3. The van der Waals surface area contributed by atoms with E-state index in [4.69, 9.17) is 25.4 Å². The first-order valence-corrected chi connectivity index (χ1v) is 19.3. The molecule has 4 unspecified atom stereocenters. The molecule has 0 radical (unpaired) electrons. The molecule has 9 N–H and O–H groups in total. The molecule has 264 valence electrons. The summed E-state index contributed by atoms with van der Waals surface area (Å²) in [4.78, 5) is 19.8. The van der Waals surface area contributed by atoms with Crippen LogP contribution < -0.4 is 31.8 Å². The summed E-state index contributed by atoms with van der Waals surface area (Å²) in [6, 6.07) is 7.12. The van der Waals surface area contributed by atoms with Crippen molar-refractivity contribution in [3.05, 3.63) is 62.5 Å².